The molecule has 1 aromatic carbocycles. The molecule has 0 saturated carbocycles. The zero-order valence-corrected chi connectivity index (χ0v) is 15.3. The number of piperidine rings is 2. The van der Waals surface area contributed by atoms with E-state index in [2.05, 4.69) is 28.4 Å². The highest BCUT2D eigenvalue weighted by atomic mass is 16.4. The predicted octanol–water partition coefficient (Wildman–Crippen LogP) is 1.12. The van der Waals surface area contributed by atoms with E-state index in [4.69, 9.17) is 5.11 Å². The number of anilines is 1. The number of nitrogens with one attached hydrogen (secondary N) is 1. The highest BCUT2D eigenvalue weighted by Gasteiger charge is 2.35. The van der Waals surface area contributed by atoms with Gasteiger partial charge < -0.3 is 10.0 Å². The molecule has 0 aromatic heterocycles. The Morgan fingerprint density at radius 2 is 1.89 bits per heavy atom. The molecule has 2 fully saturated rings. The molecule has 2 amide bonds. The van der Waals surface area contributed by atoms with Crippen LogP contribution in [-0.2, 0) is 20.8 Å². The molecule has 0 aliphatic carbocycles. The molecule has 1 atom stereocenters. The molecule has 3 aliphatic rings. The Labute approximate surface area is 158 Å². The van der Waals surface area contributed by atoms with E-state index >= 15 is 0 Å². The van der Waals surface area contributed by atoms with Gasteiger partial charge in [0.05, 0.1) is 6.54 Å². The highest BCUT2D eigenvalue weighted by molar-refractivity contribution is 6.01. The van der Waals surface area contributed by atoms with Gasteiger partial charge in [-0.15, -0.1) is 0 Å². The number of carboxylic acids is 1. The maximum atomic E-state index is 12.2. The third kappa shape index (κ3) is 3.69. The minimum atomic E-state index is -0.764. The molecule has 4 rings (SSSR count). The van der Waals surface area contributed by atoms with Crippen LogP contribution in [0, 0.1) is 0 Å². The summed E-state index contributed by atoms with van der Waals surface area (Å²) in [5, 5.41) is 11.4. The molecule has 2 N–H and O–H groups in total. The highest BCUT2D eigenvalue weighted by Crippen LogP contribution is 2.36. The number of hydrogen-bond donors (Lipinski definition) is 2. The first-order valence-corrected chi connectivity index (χ1v) is 9.68. The second-order valence-electron chi connectivity index (χ2n) is 7.74. The van der Waals surface area contributed by atoms with Crippen molar-refractivity contribution in [1.82, 2.24) is 10.2 Å². The van der Waals surface area contributed by atoms with Crippen LogP contribution in [0.15, 0.2) is 18.2 Å². The minimum Gasteiger partial charge on any atom is -0.480 e. The first-order valence-electron chi connectivity index (χ1n) is 9.68. The van der Waals surface area contributed by atoms with E-state index in [0.717, 1.165) is 44.6 Å². The summed E-state index contributed by atoms with van der Waals surface area (Å²) in [6.45, 7) is 2.56. The van der Waals surface area contributed by atoms with Crippen LogP contribution in [-0.4, -0.2) is 60.0 Å². The van der Waals surface area contributed by atoms with Gasteiger partial charge in [-0.3, -0.25) is 24.6 Å². The maximum absolute atomic E-state index is 12.2. The van der Waals surface area contributed by atoms with Crippen molar-refractivity contribution in [2.75, 3.05) is 31.1 Å². The molecule has 1 aromatic rings. The Hall–Kier alpha value is -2.41. The smallest absolute Gasteiger partial charge is 0.317 e. The summed E-state index contributed by atoms with van der Waals surface area (Å²) in [5.41, 5.74) is 3.69. The average Bonchev–Trinajstić information content (AvgIpc) is 3.05. The van der Waals surface area contributed by atoms with Crippen LogP contribution in [0.3, 0.4) is 0 Å². The normalized spacial score (nSPS) is 24.0. The van der Waals surface area contributed by atoms with Crippen molar-refractivity contribution in [2.24, 2.45) is 0 Å². The molecule has 2 saturated heterocycles. The first kappa shape index (κ1) is 18.0. The summed E-state index contributed by atoms with van der Waals surface area (Å²) in [6, 6.07) is 6.28. The molecule has 3 heterocycles. The topological polar surface area (TPSA) is 89.9 Å². The van der Waals surface area contributed by atoms with E-state index in [0.29, 0.717) is 18.8 Å². The molecule has 0 bridgehead atoms. The fraction of sp³-hybridized carbons (Fsp3) is 0.550. The van der Waals surface area contributed by atoms with Crippen LogP contribution in [0.1, 0.15) is 42.7 Å². The van der Waals surface area contributed by atoms with Crippen molar-refractivity contribution in [3.63, 3.8) is 0 Å². The monoisotopic (exact) mass is 371 g/mol. The van der Waals surface area contributed by atoms with Gasteiger partial charge in [0.2, 0.25) is 11.8 Å². The van der Waals surface area contributed by atoms with Crippen LogP contribution >= 0.6 is 0 Å². The molecule has 144 valence electrons. The van der Waals surface area contributed by atoms with Crippen molar-refractivity contribution in [2.45, 2.75) is 44.1 Å². The van der Waals surface area contributed by atoms with Gasteiger partial charge in [-0.25, -0.2) is 0 Å². The lowest BCUT2D eigenvalue weighted by Crippen LogP contribution is -2.52. The zero-order chi connectivity index (χ0) is 19.0. The van der Waals surface area contributed by atoms with Gasteiger partial charge in [-0.2, -0.15) is 0 Å². The van der Waals surface area contributed by atoms with Gasteiger partial charge in [-0.1, -0.05) is 12.1 Å². The number of carbonyl (C=O) groups excluding carboxylic acids is 2. The number of rotatable bonds is 4. The maximum Gasteiger partial charge on any atom is 0.317 e. The van der Waals surface area contributed by atoms with Gasteiger partial charge in [0.15, 0.2) is 0 Å². The lowest BCUT2D eigenvalue weighted by atomic mass is 9.88. The third-order valence-corrected chi connectivity index (χ3v) is 6.04. The largest absolute Gasteiger partial charge is 0.480 e. The number of likely N-dealkylation sites (tertiary alicyclic amines) is 1. The van der Waals surface area contributed by atoms with E-state index in [-0.39, 0.29) is 24.4 Å². The van der Waals surface area contributed by atoms with Crippen LogP contribution in [0.25, 0.3) is 0 Å². The van der Waals surface area contributed by atoms with Gasteiger partial charge in [0.1, 0.15) is 6.04 Å². The summed E-state index contributed by atoms with van der Waals surface area (Å²) in [7, 11) is 0. The Kier molecular flexibility index (Phi) is 4.86. The molecule has 27 heavy (non-hydrogen) atoms. The number of fused-ring (bicyclic) bond motifs is 1. The number of amides is 2. The lowest BCUT2D eigenvalue weighted by molar-refractivity contribution is -0.138. The van der Waals surface area contributed by atoms with E-state index in [9.17, 15) is 14.4 Å². The number of imide groups is 1. The van der Waals surface area contributed by atoms with E-state index in [1.807, 2.05) is 4.90 Å². The summed E-state index contributed by atoms with van der Waals surface area (Å²) in [5.74, 6) is -0.668. The van der Waals surface area contributed by atoms with Crippen LogP contribution in [0.4, 0.5) is 5.69 Å². The van der Waals surface area contributed by atoms with E-state index < -0.39 is 5.97 Å². The van der Waals surface area contributed by atoms with E-state index in [1.165, 1.54) is 11.1 Å². The third-order valence-electron chi connectivity index (χ3n) is 6.04. The second-order valence-corrected chi connectivity index (χ2v) is 7.74. The van der Waals surface area contributed by atoms with Gasteiger partial charge in [0.25, 0.3) is 0 Å². The summed E-state index contributed by atoms with van der Waals surface area (Å²) in [4.78, 5) is 38.6. The number of carboxylic acid groups (broad SMARTS) is 1. The van der Waals surface area contributed by atoms with Crippen LogP contribution in [0.2, 0.25) is 0 Å². The van der Waals surface area contributed by atoms with Crippen LogP contribution < -0.4 is 10.2 Å². The Morgan fingerprint density at radius 1 is 1.11 bits per heavy atom. The van der Waals surface area contributed by atoms with Crippen LogP contribution in [0.5, 0.6) is 0 Å². The lowest BCUT2D eigenvalue weighted by Gasteiger charge is -2.32. The number of aliphatic carboxylic acids is 1. The standard InChI is InChI=1S/C20H25N3O4/c24-18-4-3-17(20(27)21-18)23-10-7-15-11-14(1-2-16(15)23)13-5-8-22(9-6-13)12-19(25)26/h1-2,11,13,17H,3-10,12H2,(H,25,26)(H,21,24,27). The number of carbonyl (C=O) groups is 3. The number of benzene rings is 1. The number of hydrogen-bond acceptors (Lipinski definition) is 5. The summed E-state index contributed by atoms with van der Waals surface area (Å²) < 4.78 is 0. The Morgan fingerprint density at radius 3 is 2.59 bits per heavy atom. The second kappa shape index (κ2) is 7.31. The Bertz CT molecular complexity index is 770. The van der Waals surface area contributed by atoms with Gasteiger partial charge >= 0.3 is 5.97 Å². The van der Waals surface area contributed by atoms with Crippen molar-refractivity contribution in [1.29, 1.82) is 0 Å². The molecule has 1 unspecified atom stereocenters. The molecule has 7 nitrogen and oxygen atoms in total. The SMILES string of the molecule is O=C(O)CN1CCC(c2ccc3c(c2)CCN3C2CCC(=O)NC2=O)CC1. The fourth-order valence-corrected chi connectivity index (χ4v) is 4.62. The Balaban J connectivity index is 1.44. The van der Waals surface area contributed by atoms with Crippen molar-refractivity contribution < 1.29 is 19.5 Å². The molecular formula is C20H25N3O4. The van der Waals surface area contributed by atoms with Crippen molar-refractivity contribution in [3.05, 3.63) is 29.3 Å². The average molecular weight is 371 g/mol. The molecule has 0 radical (unpaired) electrons. The van der Waals surface area contributed by atoms with Gasteiger partial charge in [0, 0.05) is 18.7 Å². The van der Waals surface area contributed by atoms with Crippen molar-refractivity contribution >= 4 is 23.5 Å². The van der Waals surface area contributed by atoms with E-state index in [1.54, 1.807) is 0 Å². The quantitative estimate of drug-likeness (QED) is 0.771. The van der Waals surface area contributed by atoms with Gasteiger partial charge in [-0.05, 0) is 61.9 Å². The zero-order valence-electron chi connectivity index (χ0n) is 15.3. The molecule has 3 aliphatic heterocycles. The minimum absolute atomic E-state index is 0.123. The molecule has 7 heteroatoms. The first-order chi connectivity index (χ1) is 13.0. The number of nitrogens with zero attached hydrogens (tertiary/aromatic N) is 2. The predicted molar refractivity (Wildman–Crippen MR) is 99.7 cm³/mol. The summed E-state index contributed by atoms with van der Waals surface area (Å²) in [6.07, 6.45) is 3.84. The van der Waals surface area contributed by atoms with Crippen molar-refractivity contribution in [3.8, 4) is 0 Å². The molecular weight excluding hydrogens is 346 g/mol. The summed E-state index contributed by atoms with van der Waals surface area (Å²) >= 11 is 0. The molecule has 0 spiro atoms. The fourth-order valence-electron chi connectivity index (χ4n) is 4.62.